The van der Waals surface area contributed by atoms with Crippen molar-refractivity contribution in [3.05, 3.63) is 95.8 Å². The lowest BCUT2D eigenvalue weighted by Gasteiger charge is -2.23. The van der Waals surface area contributed by atoms with Crippen LogP contribution in [0.15, 0.2) is 78.9 Å². The first-order chi connectivity index (χ1) is 19.4. The van der Waals surface area contributed by atoms with Gasteiger partial charge in [0.15, 0.2) is 6.10 Å². The molecule has 0 bridgehead atoms. The maximum atomic E-state index is 13.1. The molecule has 0 fully saturated rings. The fraction of sp³-hybridized carbons (Fsp3) is 0.355. The number of carbonyl (C=O) groups is 2. The van der Waals surface area contributed by atoms with E-state index in [4.69, 9.17) is 14.2 Å². The maximum Gasteiger partial charge on any atom is 0.333 e. The largest absolute Gasteiger partial charge is 0.494 e. The minimum Gasteiger partial charge on any atom is -0.494 e. The lowest BCUT2D eigenvalue weighted by molar-refractivity contribution is -0.149. The summed E-state index contributed by atoms with van der Waals surface area (Å²) in [7, 11) is 0. The van der Waals surface area contributed by atoms with Crippen molar-refractivity contribution in [2.45, 2.75) is 32.3 Å². The van der Waals surface area contributed by atoms with Crippen LogP contribution >= 0.6 is 0 Å². The molecule has 8 nitrogen and oxygen atoms in total. The van der Waals surface area contributed by atoms with Crippen LogP contribution in [0.2, 0.25) is 0 Å². The van der Waals surface area contributed by atoms with Gasteiger partial charge in [-0.15, -0.1) is 0 Å². The van der Waals surface area contributed by atoms with Gasteiger partial charge in [-0.3, -0.25) is 0 Å². The Morgan fingerprint density at radius 3 is 2.17 bits per heavy atom. The molecule has 2 amide bonds. The van der Waals surface area contributed by atoms with Gasteiger partial charge in [-0.25, -0.2) is 14.0 Å². The molecule has 1 atom stereocenters. The number of carboxylic acid groups (broad SMARTS) is 1. The Balaban J connectivity index is 1.49. The molecule has 3 aromatic rings. The zero-order valence-electron chi connectivity index (χ0n) is 22.8. The third-order valence-corrected chi connectivity index (χ3v) is 6.09. The first kappa shape index (κ1) is 30.4. The van der Waals surface area contributed by atoms with Gasteiger partial charge in [0.1, 0.15) is 23.9 Å². The Bertz CT molecular complexity index is 1160. The number of urea groups is 1. The number of carboxylic acids is 1. The summed E-state index contributed by atoms with van der Waals surface area (Å²) in [4.78, 5) is 26.0. The summed E-state index contributed by atoms with van der Waals surface area (Å²) < 4.78 is 29.9. The van der Waals surface area contributed by atoms with E-state index >= 15 is 0 Å². The number of carbonyl (C=O) groups excluding carboxylic acids is 1. The monoisotopic (exact) mass is 552 g/mol. The summed E-state index contributed by atoms with van der Waals surface area (Å²) in [6, 6.07) is 22.8. The number of nitrogens with zero attached hydrogens (tertiary/aromatic N) is 1. The van der Waals surface area contributed by atoms with Crippen LogP contribution in [0.4, 0.5) is 9.18 Å². The number of aliphatic carboxylic acids is 1. The fourth-order valence-electron chi connectivity index (χ4n) is 3.99. The molecule has 0 aliphatic rings. The molecular weight excluding hydrogens is 515 g/mol. The van der Waals surface area contributed by atoms with Crippen LogP contribution in [0.3, 0.4) is 0 Å². The molecule has 0 heterocycles. The molecule has 3 rings (SSSR count). The van der Waals surface area contributed by atoms with Crippen molar-refractivity contribution in [1.82, 2.24) is 10.2 Å². The molecule has 0 aromatic heterocycles. The SMILES string of the molecule is CCOC(Cc1ccc(OCCN(CCCOc2ccc(F)cc2)C(=O)NCCc2ccccc2)cc1)C(=O)O. The molecule has 2 N–H and O–H groups in total. The number of rotatable bonds is 17. The Morgan fingerprint density at radius 2 is 1.52 bits per heavy atom. The summed E-state index contributed by atoms with van der Waals surface area (Å²) in [6.07, 6.45) is 0.685. The maximum absolute atomic E-state index is 13.1. The van der Waals surface area contributed by atoms with Crippen molar-refractivity contribution >= 4 is 12.0 Å². The quantitative estimate of drug-likeness (QED) is 0.230. The fourth-order valence-corrected chi connectivity index (χ4v) is 3.99. The Hall–Kier alpha value is -4.11. The first-order valence-electron chi connectivity index (χ1n) is 13.5. The van der Waals surface area contributed by atoms with E-state index in [0.29, 0.717) is 50.8 Å². The number of halogens is 1. The van der Waals surface area contributed by atoms with E-state index in [1.54, 1.807) is 36.1 Å². The van der Waals surface area contributed by atoms with Crippen molar-refractivity contribution in [3.8, 4) is 11.5 Å². The molecule has 0 aliphatic carbocycles. The van der Waals surface area contributed by atoms with Gasteiger partial charge >= 0.3 is 12.0 Å². The second kappa shape index (κ2) is 16.8. The number of ether oxygens (including phenoxy) is 3. The zero-order chi connectivity index (χ0) is 28.6. The highest BCUT2D eigenvalue weighted by Gasteiger charge is 2.18. The molecule has 0 saturated carbocycles. The summed E-state index contributed by atoms with van der Waals surface area (Å²) in [6.45, 7) is 4.06. The summed E-state index contributed by atoms with van der Waals surface area (Å²) in [5.41, 5.74) is 1.97. The van der Waals surface area contributed by atoms with E-state index in [2.05, 4.69) is 5.32 Å². The number of nitrogens with one attached hydrogen (secondary N) is 1. The Morgan fingerprint density at radius 1 is 0.875 bits per heavy atom. The van der Waals surface area contributed by atoms with Gasteiger partial charge in [-0.05, 0) is 67.3 Å². The van der Waals surface area contributed by atoms with Crippen molar-refractivity contribution in [1.29, 1.82) is 0 Å². The van der Waals surface area contributed by atoms with Gasteiger partial charge in [0, 0.05) is 26.1 Å². The van der Waals surface area contributed by atoms with E-state index in [0.717, 1.165) is 17.5 Å². The zero-order valence-corrected chi connectivity index (χ0v) is 22.8. The minimum atomic E-state index is -0.993. The van der Waals surface area contributed by atoms with E-state index in [1.165, 1.54) is 12.1 Å². The Labute approximate surface area is 234 Å². The molecule has 0 aliphatic heterocycles. The lowest BCUT2D eigenvalue weighted by atomic mass is 10.1. The standard InChI is InChI=1S/C31H37FN2O6/c1-2-38-29(30(35)36)23-25-9-13-27(14-10-25)40-22-20-34(19-6-21-39-28-15-11-26(32)12-16-28)31(37)33-18-17-24-7-4-3-5-8-24/h3-5,7-16,29H,2,6,17-23H2,1H3,(H,33,37)(H,35,36). The van der Waals surface area contributed by atoms with Gasteiger partial charge in [-0.1, -0.05) is 42.5 Å². The highest BCUT2D eigenvalue weighted by atomic mass is 19.1. The molecule has 40 heavy (non-hydrogen) atoms. The predicted molar refractivity (Wildman–Crippen MR) is 150 cm³/mol. The van der Waals surface area contributed by atoms with Crippen LogP contribution in [-0.2, 0) is 22.4 Å². The molecule has 214 valence electrons. The number of hydrogen-bond donors (Lipinski definition) is 2. The van der Waals surface area contributed by atoms with E-state index in [9.17, 15) is 19.1 Å². The van der Waals surface area contributed by atoms with Gasteiger partial charge in [0.05, 0.1) is 13.2 Å². The van der Waals surface area contributed by atoms with E-state index < -0.39 is 12.1 Å². The van der Waals surface area contributed by atoms with Gasteiger partial charge in [-0.2, -0.15) is 0 Å². The third kappa shape index (κ3) is 10.9. The molecule has 0 spiro atoms. The summed E-state index contributed by atoms with van der Waals surface area (Å²) in [5, 5.41) is 12.3. The van der Waals surface area contributed by atoms with Crippen molar-refractivity contribution in [2.75, 3.05) is 39.5 Å². The van der Waals surface area contributed by atoms with Crippen molar-refractivity contribution in [2.24, 2.45) is 0 Å². The van der Waals surface area contributed by atoms with Crippen LogP contribution in [0, 0.1) is 5.82 Å². The molecule has 3 aromatic carbocycles. The first-order valence-corrected chi connectivity index (χ1v) is 13.5. The number of hydrogen-bond acceptors (Lipinski definition) is 5. The average Bonchev–Trinajstić information content (AvgIpc) is 2.96. The van der Waals surface area contributed by atoms with Crippen LogP contribution < -0.4 is 14.8 Å². The minimum absolute atomic E-state index is 0.188. The van der Waals surface area contributed by atoms with Gasteiger partial charge in [0.25, 0.3) is 0 Å². The van der Waals surface area contributed by atoms with Gasteiger partial charge in [0.2, 0.25) is 0 Å². The molecule has 9 heteroatoms. The van der Waals surface area contributed by atoms with Crippen LogP contribution in [0.25, 0.3) is 0 Å². The molecule has 1 unspecified atom stereocenters. The molecular formula is C31H37FN2O6. The third-order valence-electron chi connectivity index (χ3n) is 6.09. The average molecular weight is 553 g/mol. The second-order valence-electron chi connectivity index (χ2n) is 9.09. The van der Waals surface area contributed by atoms with Crippen molar-refractivity contribution in [3.63, 3.8) is 0 Å². The highest BCUT2D eigenvalue weighted by Crippen LogP contribution is 2.15. The number of amides is 2. The van der Waals surface area contributed by atoms with Crippen LogP contribution in [0.1, 0.15) is 24.5 Å². The second-order valence-corrected chi connectivity index (χ2v) is 9.09. The number of benzene rings is 3. The highest BCUT2D eigenvalue weighted by molar-refractivity contribution is 5.74. The molecule has 0 radical (unpaired) electrons. The van der Waals surface area contributed by atoms with E-state index in [1.807, 2.05) is 42.5 Å². The van der Waals surface area contributed by atoms with Gasteiger partial charge < -0.3 is 29.5 Å². The van der Waals surface area contributed by atoms with Crippen LogP contribution in [0.5, 0.6) is 11.5 Å². The predicted octanol–water partition coefficient (Wildman–Crippen LogP) is 4.96. The molecule has 0 saturated heterocycles. The van der Waals surface area contributed by atoms with E-state index in [-0.39, 0.29) is 24.9 Å². The lowest BCUT2D eigenvalue weighted by Crippen LogP contribution is -2.43. The smallest absolute Gasteiger partial charge is 0.333 e. The van der Waals surface area contributed by atoms with Crippen LogP contribution in [-0.4, -0.2) is 67.6 Å². The summed E-state index contributed by atoms with van der Waals surface area (Å²) >= 11 is 0. The normalized spacial score (nSPS) is 11.4. The Kier molecular flexibility index (Phi) is 12.8. The van der Waals surface area contributed by atoms with Crippen molar-refractivity contribution < 1.29 is 33.3 Å². The summed E-state index contributed by atoms with van der Waals surface area (Å²) in [5.74, 6) is -0.123. The topological polar surface area (TPSA) is 97.3 Å².